The zero-order valence-corrected chi connectivity index (χ0v) is 14.9. The lowest BCUT2D eigenvalue weighted by atomic mass is 9.91. The molecule has 3 nitrogen and oxygen atoms in total. The van der Waals surface area contributed by atoms with Crippen molar-refractivity contribution in [3.63, 3.8) is 0 Å². The standard InChI is InChI=1S/C15H7F15O3/c16-9(17,5-33-8(32)6-1-3-7(31)4-2-6)10(18,19)11(20,21)12(22,23)13(24,25)14(26,27)15(28,29)30/h1-4,31H,5H2. The van der Waals surface area contributed by atoms with Gasteiger partial charge in [0.05, 0.1) is 5.56 Å². The third-order valence-corrected chi connectivity index (χ3v) is 3.88. The Morgan fingerprint density at radius 2 is 1.00 bits per heavy atom. The Bertz CT molecular complexity index is 858. The van der Waals surface area contributed by atoms with Crippen LogP contribution in [0.1, 0.15) is 10.4 Å². The lowest BCUT2D eigenvalue weighted by molar-refractivity contribution is -0.453. The maximum absolute atomic E-state index is 13.6. The van der Waals surface area contributed by atoms with E-state index in [0.29, 0.717) is 24.3 Å². The van der Waals surface area contributed by atoms with E-state index in [-0.39, 0.29) is 0 Å². The highest BCUT2D eigenvalue weighted by Gasteiger charge is 2.93. The fraction of sp³-hybridized carbons (Fsp3) is 0.533. The second kappa shape index (κ2) is 8.03. The van der Waals surface area contributed by atoms with Gasteiger partial charge >= 0.3 is 47.7 Å². The van der Waals surface area contributed by atoms with Gasteiger partial charge in [0.25, 0.3) is 0 Å². The van der Waals surface area contributed by atoms with Crippen molar-refractivity contribution < 1.29 is 80.5 Å². The topological polar surface area (TPSA) is 46.5 Å². The molecule has 190 valence electrons. The van der Waals surface area contributed by atoms with Gasteiger partial charge in [0.2, 0.25) is 0 Å². The van der Waals surface area contributed by atoms with Crippen molar-refractivity contribution in [2.24, 2.45) is 0 Å². The molecule has 0 aliphatic carbocycles. The molecule has 1 N–H and O–H groups in total. The number of phenolic OH excluding ortho intramolecular Hbond substituents is 1. The van der Waals surface area contributed by atoms with Crippen LogP contribution >= 0.6 is 0 Å². The lowest BCUT2D eigenvalue weighted by Crippen LogP contribution is -2.73. The van der Waals surface area contributed by atoms with Crippen LogP contribution in [0.2, 0.25) is 0 Å². The first-order valence-electron chi connectivity index (χ1n) is 7.68. The van der Waals surface area contributed by atoms with Crippen molar-refractivity contribution in [2.45, 2.75) is 41.7 Å². The minimum atomic E-state index is -8.41. The molecule has 0 atom stereocenters. The zero-order chi connectivity index (χ0) is 26.5. The largest absolute Gasteiger partial charge is 0.508 e. The number of esters is 1. The van der Waals surface area contributed by atoms with Crippen LogP contribution in [0.4, 0.5) is 65.9 Å². The van der Waals surface area contributed by atoms with Crippen molar-refractivity contribution in [3.05, 3.63) is 29.8 Å². The van der Waals surface area contributed by atoms with Gasteiger partial charge < -0.3 is 9.84 Å². The van der Waals surface area contributed by atoms with E-state index in [0.717, 1.165) is 0 Å². The number of alkyl halides is 15. The first-order chi connectivity index (χ1) is 14.4. The van der Waals surface area contributed by atoms with Gasteiger partial charge in [-0.25, -0.2) is 4.79 Å². The molecule has 0 bridgehead atoms. The normalized spacial score (nSPS) is 14.9. The molecule has 1 aromatic carbocycles. The Morgan fingerprint density at radius 3 is 1.39 bits per heavy atom. The molecule has 18 heteroatoms. The van der Waals surface area contributed by atoms with E-state index in [1.807, 2.05) is 0 Å². The van der Waals surface area contributed by atoms with E-state index in [1.54, 1.807) is 0 Å². The van der Waals surface area contributed by atoms with E-state index in [9.17, 15) is 70.7 Å². The Hall–Kier alpha value is -2.56. The molecular weight excluding hydrogens is 513 g/mol. The van der Waals surface area contributed by atoms with Gasteiger partial charge in [-0.1, -0.05) is 0 Å². The number of aromatic hydroxyl groups is 1. The molecule has 0 aliphatic rings. The molecule has 0 fully saturated rings. The summed E-state index contributed by atoms with van der Waals surface area (Å²) in [5, 5.41) is 8.93. The molecule has 0 aromatic heterocycles. The average Bonchev–Trinajstić information content (AvgIpc) is 2.65. The third-order valence-electron chi connectivity index (χ3n) is 3.88. The van der Waals surface area contributed by atoms with Crippen molar-refractivity contribution in [3.8, 4) is 5.75 Å². The number of hydrogen-bond donors (Lipinski definition) is 1. The quantitative estimate of drug-likeness (QED) is 0.342. The third kappa shape index (κ3) is 4.34. The molecule has 0 heterocycles. The van der Waals surface area contributed by atoms with E-state index in [4.69, 9.17) is 5.11 Å². The second-order valence-electron chi connectivity index (χ2n) is 6.20. The van der Waals surface area contributed by atoms with Crippen molar-refractivity contribution >= 4 is 5.97 Å². The maximum atomic E-state index is 13.6. The van der Waals surface area contributed by atoms with E-state index >= 15 is 0 Å². The SMILES string of the molecule is O=C(OCC(F)(F)C(F)(F)C(F)(F)C(F)(F)C(F)(F)C(F)(F)C(F)(F)F)c1ccc(O)cc1. The van der Waals surface area contributed by atoms with Gasteiger partial charge in [-0.15, -0.1) is 0 Å². The minimum Gasteiger partial charge on any atom is -0.508 e. The summed E-state index contributed by atoms with van der Waals surface area (Å²) < 4.78 is 199. The van der Waals surface area contributed by atoms with E-state index in [1.165, 1.54) is 0 Å². The molecule has 0 amide bonds. The molecular formula is C15H7F15O3. The highest BCUT2D eigenvalue weighted by Crippen LogP contribution is 2.62. The molecule has 0 spiro atoms. The summed E-state index contributed by atoms with van der Waals surface area (Å²) in [6.07, 6.45) is -7.69. The number of benzene rings is 1. The number of halogens is 15. The summed E-state index contributed by atoms with van der Waals surface area (Å²) in [6.45, 7) is -3.23. The molecule has 0 radical (unpaired) electrons. The van der Waals surface area contributed by atoms with Crippen LogP contribution in [0.5, 0.6) is 5.75 Å². The second-order valence-corrected chi connectivity index (χ2v) is 6.20. The molecule has 1 rings (SSSR count). The fourth-order valence-electron chi connectivity index (χ4n) is 1.93. The van der Waals surface area contributed by atoms with Crippen LogP contribution in [-0.2, 0) is 4.74 Å². The Morgan fingerprint density at radius 1 is 0.636 bits per heavy atom. The lowest BCUT2D eigenvalue weighted by Gasteiger charge is -2.41. The minimum absolute atomic E-state index is 0.526. The van der Waals surface area contributed by atoms with Crippen LogP contribution in [0.3, 0.4) is 0 Å². The number of rotatable bonds is 8. The van der Waals surface area contributed by atoms with Gasteiger partial charge in [0.1, 0.15) is 5.75 Å². The highest BCUT2D eigenvalue weighted by atomic mass is 19.4. The smallest absolute Gasteiger partial charge is 0.460 e. The molecule has 0 unspecified atom stereocenters. The first-order valence-corrected chi connectivity index (χ1v) is 7.68. The van der Waals surface area contributed by atoms with Crippen molar-refractivity contribution in [2.75, 3.05) is 6.61 Å². The number of ether oxygens (including phenoxy) is 1. The van der Waals surface area contributed by atoms with E-state index < -0.39 is 65.6 Å². The van der Waals surface area contributed by atoms with Crippen molar-refractivity contribution in [1.29, 1.82) is 0 Å². The molecule has 0 saturated heterocycles. The number of carbonyl (C=O) groups excluding carboxylic acids is 1. The number of phenols is 1. The average molecular weight is 520 g/mol. The fourth-order valence-corrected chi connectivity index (χ4v) is 1.93. The Balaban J connectivity index is 3.30. The van der Waals surface area contributed by atoms with Crippen molar-refractivity contribution in [1.82, 2.24) is 0 Å². The van der Waals surface area contributed by atoms with Crippen LogP contribution in [0.15, 0.2) is 24.3 Å². The molecule has 0 saturated carbocycles. The molecule has 0 aliphatic heterocycles. The van der Waals surface area contributed by atoms with Gasteiger partial charge in [-0.2, -0.15) is 65.9 Å². The van der Waals surface area contributed by atoms with Crippen LogP contribution in [0.25, 0.3) is 0 Å². The summed E-state index contributed by atoms with van der Waals surface area (Å²) in [6, 6.07) is 2.63. The van der Waals surface area contributed by atoms with Gasteiger partial charge in [0.15, 0.2) is 6.61 Å². The van der Waals surface area contributed by atoms with Crippen LogP contribution in [0, 0.1) is 0 Å². The predicted molar refractivity (Wildman–Crippen MR) is 74.1 cm³/mol. The number of carbonyl (C=O) groups is 1. The first kappa shape index (κ1) is 28.5. The molecule has 33 heavy (non-hydrogen) atoms. The van der Waals surface area contributed by atoms with Gasteiger partial charge in [0, 0.05) is 0 Å². The summed E-state index contributed by atoms with van der Waals surface area (Å²) >= 11 is 0. The van der Waals surface area contributed by atoms with Gasteiger partial charge in [-0.05, 0) is 24.3 Å². The summed E-state index contributed by atoms with van der Waals surface area (Å²) in [7, 11) is 0. The predicted octanol–water partition coefficient (Wildman–Crippen LogP) is 5.92. The summed E-state index contributed by atoms with van der Waals surface area (Å²) in [4.78, 5) is 11.4. The zero-order valence-electron chi connectivity index (χ0n) is 14.9. The summed E-state index contributed by atoms with van der Waals surface area (Å²) in [5.41, 5.74) is -0.805. The van der Waals surface area contributed by atoms with Crippen LogP contribution < -0.4 is 0 Å². The molecule has 1 aromatic rings. The maximum Gasteiger partial charge on any atom is 0.460 e. The number of hydrogen-bond acceptors (Lipinski definition) is 3. The Labute approximate surface area is 171 Å². The Kier molecular flexibility index (Phi) is 6.93. The highest BCUT2D eigenvalue weighted by molar-refractivity contribution is 5.89. The monoisotopic (exact) mass is 520 g/mol. The summed E-state index contributed by atoms with van der Waals surface area (Å²) in [5.74, 6) is -50.1. The van der Waals surface area contributed by atoms with Gasteiger partial charge in [-0.3, -0.25) is 0 Å². The van der Waals surface area contributed by atoms with Crippen LogP contribution in [-0.4, -0.2) is 59.4 Å². The van der Waals surface area contributed by atoms with E-state index in [2.05, 4.69) is 4.74 Å².